The Hall–Kier alpha value is -0.390. The summed E-state index contributed by atoms with van der Waals surface area (Å²) < 4.78 is 25.0. The molecule has 2 unspecified atom stereocenters. The highest BCUT2D eigenvalue weighted by Gasteiger charge is 2.36. The molecule has 3 nitrogen and oxygen atoms in total. The first-order valence-corrected chi connectivity index (χ1v) is 8.08. The maximum absolute atomic E-state index is 12.0. The van der Waals surface area contributed by atoms with Crippen LogP contribution in [-0.2, 0) is 9.84 Å². The van der Waals surface area contributed by atoms with Gasteiger partial charge in [-0.1, -0.05) is 22.0 Å². The van der Waals surface area contributed by atoms with Crippen LogP contribution < -0.4 is 5.32 Å². The summed E-state index contributed by atoms with van der Waals surface area (Å²) >= 11 is 3.47. The van der Waals surface area contributed by atoms with Gasteiger partial charge in [0.2, 0.25) is 0 Å². The molecule has 0 aliphatic carbocycles. The van der Waals surface area contributed by atoms with Crippen LogP contribution in [0.15, 0.2) is 27.6 Å². The summed E-state index contributed by atoms with van der Waals surface area (Å²) in [5.41, 5.74) is 0.953. The number of halogens is 1. The van der Waals surface area contributed by atoms with E-state index in [9.17, 15) is 8.42 Å². The summed E-state index contributed by atoms with van der Waals surface area (Å²) in [5.74, 6) is 0.324. The lowest BCUT2D eigenvalue weighted by molar-refractivity contribution is 0.516. The Morgan fingerprint density at radius 3 is 2.88 bits per heavy atom. The molecule has 1 aromatic rings. The number of hydrogen-bond acceptors (Lipinski definition) is 3. The smallest absolute Gasteiger partial charge is 0.179 e. The molecule has 0 aromatic heterocycles. The zero-order valence-electron chi connectivity index (χ0n) is 9.90. The second-order valence-electron chi connectivity index (χ2n) is 4.56. The molecule has 0 amide bonds. The van der Waals surface area contributed by atoms with E-state index in [4.69, 9.17) is 0 Å². The van der Waals surface area contributed by atoms with Gasteiger partial charge in [0.1, 0.15) is 0 Å². The third kappa shape index (κ3) is 2.41. The fraction of sp³-hybridized carbons (Fsp3) is 0.500. The van der Waals surface area contributed by atoms with Gasteiger partial charge < -0.3 is 5.32 Å². The van der Waals surface area contributed by atoms with Crippen LogP contribution in [-0.4, -0.2) is 27.3 Å². The van der Waals surface area contributed by atoms with E-state index in [1.54, 1.807) is 12.1 Å². The standard InChI is InChI=1S/C12H16BrNO2S/c1-8(14-2)6-9-7-17(15,16)11-5-3-4-10(13)12(9)11/h3-5,8-9,14H,6-7H2,1-2H3. The highest BCUT2D eigenvalue weighted by atomic mass is 79.9. The topological polar surface area (TPSA) is 46.2 Å². The molecule has 0 fully saturated rings. The average Bonchev–Trinajstić information content (AvgIpc) is 2.52. The van der Waals surface area contributed by atoms with Crippen LogP contribution in [0.5, 0.6) is 0 Å². The van der Waals surface area contributed by atoms with E-state index in [1.165, 1.54) is 0 Å². The lowest BCUT2D eigenvalue weighted by Gasteiger charge is -2.16. The van der Waals surface area contributed by atoms with Crippen molar-refractivity contribution in [3.05, 3.63) is 28.2 Å². The summed E-state index contributed by atoms with van der Waals surface area (Å²) in [5, 5.41) is 3.16. The lowest BCUT2D eigenvalue weighted by atomic mass is 9.95. The van der Waals surface area contributed by atoms with Crippen LogP contribution >= 0.6 is 15.9 Å². The highest BCUT2D eigenvalue weighted by molar-refractivity contribution is 9.10. The van der Waals surface area contributed by atoms with Gasteiger partial charge in [0.15, 0.2) is 9.84 Å². The SMILES string of the molecule is CNC(C)CC1CS(=O)(=O)c2cccc(Br)c21. The van der Waals surface area contributed by atoms with Crippen molar-refractivity contribution in [2.24, 2.45) is 0 Å². The van der Waals surface area contributed by atoms with Crippen LogP contribution in [0.1, 0.15) is 24.8 Å². The summed E-state index contributed by atoms with van der Waals surface area (Å²) in [7, 11) is -1.19. The summed E-state index contributed by atoms with van der Waals surface area (Å²) in [6.07, 6.45) is 0.839. The first-order chi connectivity index (χ1) is 7.95. The van der Waals surface area contributed by atoms with E-state index in [0.29, 0.717) is 10.9 Å². The van der Waals surface area contributed by atoms with Crippen molar-refractivity contribution in [1.29, 1.82) is 0 Å². The maximum atomic E-state index is 12.0. The molecule has 1 heterocycles. The number of rotatable bonds is 3. The van der Waals surface area contributed by atoms with Crippen molar-refractivity contribution < 1.29 is 8.42 Å². The van der Waals surface area contributed by atoms with Crippen molar-refractivity contribution in [3.8, 4) is 0 Å². The molecule has 2 atom stereocenters. The predicted molar refractivity (Wildman–Crippen MR) is 72.1 cm³/mol. The van der Waals surface area contributed by atoms with Gasteiger partial charge in [0.25, 0.3) is 0 Å². The number of nitrogens with one attached hydrogen (secondary N) is 1. The number of sulfone groups is 1. The molecule has 0 saturated heterocycles. The average molecular weight is 318 g/mol. The fourth-order valence-electron chi connectivity index (χ4n) is 2.35. The molecule has 1 aliphatic rings. The third-order valence-electron chi connectivity index (χ3n) is 3.31. The van der Waals surface area contributed by atoms with E-state index >= 15 is 0 Å². The minimum absolute atomic E-state index is 0.0908. The molecule has 5 heteroatoms. The lowest BCUT2D eigenvalue weighted by Crippen LogP contribution is -2.24. The van der Waals surface area contributed by atoms with Crippen LogP contribution in [0.3, 0.4) is 0 Å². The van der Waals surface area contributed by atoms with Crippen LogP contribution in [0, 0.1) is 0 Å². The van der Waals surface area contributed by atoms with E-state index in [1.807, 2.05) is 13.1 Å². The van der Waals surface area contributed by atoms with Crippen molar-refractivity contribution in [3.63, 3.8) is 0 Å². The van der Waals surface area contributed by atoms with Gasteiger partial charge in [-0.2, -0.15) is 0 Å². The minimum Gasteiger partial charge on any atom is -0.317 e. The molecule has 0 radical (unpaired) electrons. The molecule has 0 saturated carbocycles. The van der Waals surface area contributed by atoms with Gasteiger partial charge >= 0.3 is 0 Å². The molecular formula is C12H16BrNO2S. The summed E-state index contributed by atoms with van der Waals surface area (Å²) in [4.78, 5) is 0.500. The Labute approximate surface area is 111 Å². The Bertz CT molecular complexity index is 527. The van der Waals surface area contributed by atoms with E-state index in [0.717, 1.165) is 16.5 Å². The number of fused-ring (bicyclic) bond motifs is 1. The molecule has 2 rings (SSSR count). The molecule has 0 spiro atoms. The predicted octanol–water partition coefficient (Wildman–Crippen LogP) is 2.32. The van der Waals surface area contributed by atoms with Gasteiger partial charge in [-0.3, -0.25) is 0 Å². The van der Waals surface area contributed by atoms with Gasteiger partial charge in [-0.25, -0.2) is 8.42 Å². The minimum atomic E-state index is -3.09. The monoisotopic (exact) mass is 317 g/mol. The molecule has 1 N–H and O–H groups in total. The number of hydrogen-bond donors (Lipinski definition) is 1. The molecule has 17 heavy (non-hydrogen) atoms. The summed E-state index contributed by atoms with van der Waals surface area (Å²) in [6, 6.07) is 5.72. The Morgan fingerprint density at radius 1 is 1.53 bits per heavy atom. The van der Waals surface area contributed by atoms with E-state index in [2.05, 4.69) is 28.2 Å². The summed E-state index contributed by atoms with van der Waals surface area (Å²) in [6.45, 7) is 2.07. The molecule has 1 aromatic carbocycles. The van der Waals surface area contributed by atoms with Gasteiger partial charge in [0.05, 0.1) is 10.6 Å². The zero-order valence-corrected chi connectivity index (χ0v) is 12.3. The quantitative estimate of drug-likeness (QED) is 0.930. The molecule has 1 aliphatic heterocycles. The van der Waals surface area contributed by atoms with Gasteiger partial charge in [-0.05, 0) is 38.1 Å². The Kier molecular flexibility index (Phi) is 3.61. The van der Waals surface area contributed by atoms with Crippen LogP contribution in [0.25, 0.3) is 0 Å². The van der Waals surface area contributed by atoms with E-state index in [-0.39, 0.29) is 11.7 Å². The number of benzene rings is 1. The second-order valence-corrected chi connectivity index (χ2v) is 7.41. The largest absolute Gasteiger partial charge is 0.317 e. The van der Waals surface area contributed by atoms with Crippen molar-refractivity contribution in [1.82, 2.24) is 5.32 Å². The van der Waals surface area contributed by atoms with Crippen molar-refractivity contribution in [2.45, 2.75) is 30.2 Å². The van der Waals surface area contributed by atoms with Crippen molar-refractivity contribution >= 4 is 25.8 Å². The molecule has 94 valence electrons. The normalized spacial score (nSPS) is 23.4. The van der Waals surface area contributed by atoms with Crippen LogP contribution in [0.4, 0.5) is 0 Å². The van der Waals surface area contributed by atoms with Crippen molar-refractivity contribution in [2.75, 3.05) is 12.8 Å². The maximum Gasteiger partial charge on any atom is 0.179 e. The second kappa shape index (κ2) is 4.71. The zero-order chi connectivity index (χ0) is 12.6. The Balaban J connectivity index is 2.43. The van der Waals surface area contributed by atoms with Gasteiger partial charge in [-0.15, -0.1) is 0 Å². The Morgan fingerprint density at radius 2 is 2.24 bits per heavy atom. The van der Waals surface area contributed by atoms with Gasteiger partial charge in [0, 0.05) is 16.4 Å². The highest BCUT2D eigenvalue weighted by Crippen LogP contribution is 2.41. The molecule has 0 bridgehead atoms. The van der Waals surface area contributed by atoms with Crippen LogP contribution in [0.2, 0.25) is 0 Å². The third-order valence-corrected chi connectivity index (χ3v) is 5.87. The first kappa shape index (κ1) is 13.1. The van der Waals surface area contributed by atoms with E-state index < -0.39 is 9.84 Å². The molecular weight excluding hydrogens is 302 g/mol. The first-order valence-electron chi connectivity index (χ1n) is 5.64. The fourth-order valence-corrected chi connectivity index (χ4v) is 5.08.